The van der Waals surface area contributed by atoms with E-state index in [0.717, 1.165) is 21.7 Å². The van der Waals surface area contributed by atoms with E-state index in [1.54, 1.807) is 24.3 Å². The number of imide groups is 1. The van der Waals surface area contributed by atoms with Gasteiger partial charge in [-0.2, -0.15) is 0 Å². The lowest BCUT2D eigenvalue weighted by molar-refractivity contribution is -0.138. The number of nitrogens with one attached hydrogen (secondary N) is 2. The largest absolute Gasteiger partial charge is 0.467 e. The fraction of sp³-hybridized carbons (Fsp3) is 0.250. The number of carbonyl (C=O) groups excluding carboxylic acids is 3. The van der Waals surface area contributed by atoms with Gasteiger partial charge in [0.2, 0.25) is 5.91 Å². The maximum atomic E-state index is 13.4. The van der Waals surface area contributed by atoms with Crippen molar-refractivity contribution in [2.75, 3.05) is 10.6 Å². The van der Waals surface area contributed by atoms with E-state index in [2.05, 4.69) is 10.6 Å². The summed E-state index contributed by atoms with van der Waals surface area (Å²) in [6, 6.07) is 16.5. The van der Waals surface area contributed by atoms with E-state index in [1.165, 1.54) is 22.9 Å². The van der Waals surface area contributed by atoms with Crippen molar-refractivity contribution in [3.63, 3.8) is 0 Å². The van der Waals surface area contributed by atoms with Crippen molar-refractivity contribution in [2.45, 2.75) is 45.6 Å². The summed E-state index contributed by atoms with van der Waals surface area (Å²) in [5.74, 6) is -0.127. The first kappa shape index (κ1) is 25.3. The molecule has 0 saturated heterocycles. The molecular weight excluding hydrogens is 474 g/mol. The first-order chi connectivity index (χ1) is 17.2. The quantitative estimate of drug-likeness (QED) is 0.355. The van der Waals surface area contributed by atoms with E-state index in [4.69, 9.17) is 4.42 Å². The molecular formula is C28H29N3O4S. The Morgan fingerprint density at radius 2 is 1.78 bits per heavy atom. The number of anilines is 2. The van der Waals surface area contributed by atoms with Crippen molar-refractivity contribution in [1.29, 1.82) is 0 Å². The predicted molar refractivity (Wildman–Crippen MR) is 141 cm³/mol. The van der Waals surface area contributed by atoms with Gasteiger partial charge in [-0.05, 0) is 73.4 Å². The number of furan rings is 1. The van der Waals surface area contributed by atoms with Gasteiger partial charge in [-0.3, -0.25) is 19.3 Å². The molecule has 1 aliphatic heterocycles. The molecule has 4 rings (SSSR count). The number of hydrogen-bond donors (Lipinski definition) is 2. The molecule has 0 bridgehead atoms. The second kappa shape index (κ2) is 10.9. The van der Waals surface area contributed by atoms with Gasteiger partial charge in [0.1, 0.15) is 16.4 Å². The Bertz CT molecular complexity index is 1330. The van der Waals surface area contributed by atoms with E-state index >= 15 is 0 Å². The average molecular weight is 504 g/mol. The van der Waals surface area contributed by atoms with Crippen molar-refractivity contribution in [3.8, 4) is 0 Å². The van der Waals surface area contributed by atoms with Crippen LogP contribution < -0.4 is 10.6 Å². The molecule has 8 heteroatoms. The zero-order chi connectivity index (χ0) is 25.8. The first-order valence-corrected chi connectivity index (χ1v) is 12.6. The van der Waals surface area contributed by atoms with Crippen LogP contribution in [0.5, 0.6) is 0 Å². The summed E-state index contributed by atoms with van der Waals surface area (Å²) in [6.45, 7) is 8.02. The van der Waals surface area contributed by atoms with Crippen LogP contribution in [-0.4, -0.2) is 22.6 Å². The highest BCUT2D eigenvalue weighted by Gasteiger charge is 2.39. The van der Waals surface area contributed by atoms with Crippen LogP contribution in [0.15, 0.2) is 80.8 Å². The van der Waals surface area contributed by atoms with Crippen LogP contribution in [0.4, 0.5) is 11.4 Å². The molecule has 0 saturated carbocycles. The van der Waals surface area contributed by atoms with Crippen LogP contribution in [0, 0.1) is 19.8 Å². The summed E-state index contributed by atoms with van der Waals surface area (Å²) in [5.41, 5.74) is 3.78. The lowest BCUT2D eigenvalue weighted by atomic mass is 10.1. The molecule has 1 aliphatic rings. The molecule has 2 N–H and O–H groups in total. The van der Waals surface area contributed by atoms with Gasteiger partial charge < -0.3 is 15.1 Å². The molecule has 186 valence electrons. The zero-order valence-corrected chi connectivity index (χ0v) is 21.6. The number of thioether (sulfide) groups is 1. The van der Waals surface area contributed by atoms with Crippen LogP contribution in [0.3, 0.4) is 0 Å². The number of amides is 3. The number of nitrogens with zero attached hydrogens (tertiary/aromatic N) is 1. The van der Waals surface area contributed by atoms with Crippen molar-refractivity contribution < 1.29 is 18.8 Å². The molecule has 3 aromatic rings. The minimum atomic E-state index is -0.418. The number of aryl methyl sites for hydroxylation is 2. The summed E-state index contributed by atoms with van der Waals surface area (Å²) < 4.78 is 5.38. The van der Waals surface area contributed by atoms with Gasteiger partial charge >= 0.3 is 0 Å². The van der Waals surface area contributed by atoms with E-state index in [-0.39, 0.29) is 29.0 Å². The SMILES string of the molecule is Cc1ccc(NC2=C(Sc3cccc(NC(=O)CC(C)C)c3)C(=O)N(Cc3ccco3)C2=O)cc1C. The third-order valence-electron chi connectivity index (χ3n) is 5.73. The predicted octanol–water partition coefficient (Wildman–Crippen LogP) is 5.87. The smallest absolute Gasteiger partial charge is 0.278 e. The molecule has 0 unspecified atom stereocenters. The van der Waals surface area contributed by atoms with Crippen LogP contribution in [0.25, 0.3) is 0 Å². The molecule has 0 radical (unpaired) electrons. The number of rotatable bonds is 9. The summed E-state index contributed by atoms with van der Waals surface area (Å²) in [6.07, 6.45) is 1.93. The highest BCUT2D eigenvalue weighted by Crippen LogP contribution is 2.37. The summed E-state index contributed by atoms with van der Waals surface area (Å²) >= 11 is 1.19. The molecule has 1 aromatic heterocycles. The lowest BCUT2D eigenvalue weighted by Crippen LogP contribution is -2.31. The van der Waals surface area contributed by atoms with E-state index in [9.17, 15) is 14.4 Å². The van der Waals surface area contributed by atoms with Gasteiger partial charge in [0.15, 0.2) is 0 Å². The van der Waals surface area contributed by atoms with E-state index in [1.807, 2.05) is 58.0 Å². The van der Waals surface area contributed by atoms with Crippen LogP contribution >= 0.6 is 11.8 Å². The Kier molecular flexibility index (Phi) is 7.64. The minimum Gasteiger partial charge on any atom is -0.467 e. The van der Waals surface area contributed by atoms with Crippen LogP contribution in [0.1, 0.15) is 37.2 Å². The lowest BCUT2D eigenvalue weighted by Gasteiger charge is -2.14. The van der Waals surface area contributed by atoms with Crippen molar-refractivity contribution >= 4 is 40.9 Å². The van der Waals surface area contributed by atoms with Gasteiger partial charge in [-0.15, -0.1) is 0 Å². The van der Waals surface area contributed by atoms with Crippen molar-refractivity contribution in [2.24, 2.45) is 5.92 Å². The first-order valence-electron chi connectivity index (χ1n) is 11.8. The number of benzene rings is 2. The van der Waals surface area contributed by atoms with E-state index < -0.39 is 11.8 Å². The third kappa shape index (κ3) is 5.88. The molecule has 3 amide bonds. The Labute approximate surface area is 214 Å². The Morgan fingerprint density at radius 3 is 2.47 bits per heavy atom. The molecule has 0 spiro atoms. The van der Waals surface area contributed by atoms with Gasteiger partial charge in [-0.25, -0.2) is 0 Å². The van der Waals surface area contributed by atoms with Gasteiger partial charge in [0.25, 0.3) is 11.8 Å². The normalized spacial score (nSPS) is 13.6. The maximum absolute atomic E-state index is 13.4. The van der Waals surface area contributed by atoms with Crippen LogP contribution in [-0.2, 0) is 20.9 Å². The van der Waals surface area contributed by atoms with Crippen LogP contribution in [0.2, 0.25) is 0 Å². The summed E-state index contributed by atoms with van der Waals surface area (Å²) in [4.78, 5) is 41.2. The molecule has 2 aromatic carbocycles. The standard InChI is InChI=1S/C28H29N3O4S/c1-17(2)13-24(32)29-20-7-5-9-23(15-20)36-26-25(30-21-11-10-18(3)19(4)14-21)27(33)31(28(26)34)16-22-8-6-12-35-22/h5-12,14-15,17,30H,13,16H2,1-4H3,(H,29,32). The minimum absolute atomic E-state index is 0.0398. The maximum Gasteiger partial charge on any atom is 0.278 e. The molecule has 36 heavy (non-hydrogen) atoms. The summed E-state index contributed by atoms with van der Waals surface area (Å²) in [5, 5.41) is 6.08. The summed E-state index contributed by atoms with van der Waals surface area (Å²) in [7, 11) is 0. The highest BCUT2D eigenvalue weighted by molar-refractivity contribution is 8.04. The Hall–Kier alpha value is -3.78. The number of hydrogen-bond acceptors (Lipinski definition) is 6. The molecule has 0 atom stereocenters. The van der Waals surface area contributed by atoms with Crippen molar-refractivity contribution in [3.05, 3.63) is 88.3 Å². The second-order valence-electron chi connectivity index (χ2n) is 9.18. The molecule has 0 fully saturated rings. The zero-order valence-electron chi connectivity index (χ0n) is 20.8. The fourth-order valence-electron chi connectivity index (χ4n) is 3.76. The monoisotopic (exact) mass is 503 g/mol. The Balaban J connectivity index is 1.63. The van der Waals surface area contributed by atoms with Gasteiger partial charge in [0.05, 0.1) is 12.8 Å². The van der Waals surface area contributed by atoms with Gasteiger partial charge in [-0.1, -0.05) is 37.7 Å². The molecule has 7 nitrogen and oxygen atoms in total. The number of carbonyl (C=O) groups is 3. The van der Waals surface area contributed by atoms with E-state index in [0.29, 0.717) is 17.9 Å². The molecule has 2 heterocycles. The topological polar surface area (TPSA) is 91.7 Å². The van der Waals surface area contributed by atoms with Gasteiger partial charge in [0, 0.05) is 22.7 Å². The Morgan fingerprint density at radius 1 is 0.972 bits per heavy atom. The highest BCUT2D eigenvalue weighted by atomic mass is 32.2. The average Bonchev–Trinajstić information content (AvgIpc) is 3.40. The fourth-order valence-corrected chi connectivity index (χ4v) is 4.77. The second-order valence-corrected chi connectivity index (χ2v) is 10.3. The third-order valence-corrected chi connectivity index (χ3v) is 6.80. The van der Waals surface area contributed by atoms with Crippen molar-refractivity contribution in [1.82, 2.24) is 4.90 Å². The molecule has 0 aliphatic carbocycles.